The third-order valence-corrected chi connectivity index (χ3v) is 3.93. The zero-order valence-corrected chi connectivity index (χ0v) is 12.8. The molecule has 2 amide bonds. The van der Waals surface area contributed by atoms with E-state index in [-0.39, 0.29) is 10.7 Å². The minimum atomic E-state index is -0.539. The minimum absolute atomic E-state index is 0.00640. The first-order chi connectivity index (χ1) is 10.6. The lowest BCUT2D eigenvalue weighted by Gasteiger charge is -2.15. The third-order valence-electron chi connectivity index (χ3n) is 2.79. The number of nitrogens with one attached hydrogen (secondary N) is 2. The molecule has 2 aromatic rings. The lowest BCUT2D eigenvalue weighted by atomic mass is 10.1. The molecule has 7 heteroatoms. The monoisotopic (exact) mass is 330 g/mol. The van der Waals surface area contributed by atoms with E-state index in [0.717, 1.165) is 4.90 Å². The summed E-state index contributed by atoms with van der Waals surface area (Å²) < 4.78 is 5.61. The van der Waals surface area contributed by atoms with E-state index >= 15 is 0 Å². The summed E-state index contributed by atoms with van der Waals surface area (Å²) >= 11 is 6.19. The highest BCUT2D eigenvalue weighted by molar-refractivity contribution is 7.99. The molecule has 2 heterocycles. The van der Waals surface area contributed by atoms with E-state index in [9.17, 15) is 9.59 Å². The maximum atomic E-state index is 11.7. The number of furan rings is 1. The highest BCUT2D eigenvalue weighted by atomic mass is 32.2. The average Bonchev–Trinajstić information content (AvgIpc) is 2.91. The van der Waals surface area contributed by atoms with Gasteiger partial charge in [0.15, 0.2) is 10.2 Å². The van der Waals surface area contributed by atoms with Crippen molar-refractivity contribution in [1.29, 1.82) is 0 Å². The molecule has 0 spiro atoms. The number of hydrogen-bond donors (Lipinski definition) is 2. The summed E-state index contributed by atoms with van der Waals surface area (Å²) in [7, 11) is 0. The van der Waals surface area contributed by atoms with Crippen molar-refractivity contribution in [2.24, 2.45) is 0 Å². The quantitative estimate of drug-likeness (QED) is 0.513. The van der Waals surface area contributed by atoms with Crippen molar-refractivity contribution >= 4 is 47.0 Å². The molecule has 1 saturated heterocycles. The van der Waals surface area contributed by atoms with Crippen LogP contribution in [-0.4, -0.2) is 16.9 Å². The highest BCUT2D eigenvalue weighted by Gasteiger charge is 2.26. The van der Waals surface area contributed by atoms with Crippen molar-refractivity contribution in [3.63, 3.8) is 0 Å². The molecule has 0 atom stereocenters. The molecule has 1 aliphatic rings. The van der Waals surface area contributed by atoms with Crippen molar-refractivity contribution in [1.82, 2.24) is 10.6 Å². The second-order valence-corrected chi connectivity index (χ2v) is 5.85. The highest BCUT2D eigenvalue weighted by Crippen LogP contribution is 2.29. The Hall–Kier alpha value is -2.38. The zero-order valence-electron chi connectivity index (χ0n) is 11.2. The molecule has 1 aromatic heterocycles. The molecule has 3 rings (SSSR count). The van der Waals surface area contributed by atoms with Crippen LogP contribution in [0.1, 0.15) is 5.76 Å². The van der Waals surface area contributed by atoms with Gasteiger partial charge in [0.25, 0.3) is 11.8 Å². The molecule has 1 aliphatic heterocycles. The fraction of sp³-hybridized carbons (Fsp3) is 0. The molecule has 110 valence electrons. The standard InChI is InChI=1S/C15H10N2O3S2/c18-13-11(14(19)17-15(21)16-13)8-9-6-7-12(20-9)22-10-4-2-1-3-5-10/h1-8H,(H2,16,17,18,19,21). The molecular formula is C15H10N2O3S2. The lowest BCUT2D eigenvalue weighted by molar-refractivity contribution is -0.123. The molecule has 1 fully saturated rings. The van der Waals surface area contributed by atoms with Gasteiger partial charge in [0.2, 0.25) is 0 Å². The molecule has 22 heavy (non-hydrogen) atoms. The van der Waals surface area contributed by atoms with Crippen LogP contribution in [0.4, 0.5) is 0 Å². The summed E-state index contributed by atoms with van der Waals surface area (Å²) in [5.41, 5.74) is -0.0424. The second-order valence-electron chi connectivity index (χ2n) is 4.37. The number of carbonyl (C=O) groups is 2. The van der Waals surface area contributed by atoms with E-state index in [4.69, 9.17) is 16.6 Å². The minimum Gasteiger partial charge on any atom is -0.450 e. The van der Waals surface area contributed by atoms with E-state index in [0.29, 0.717) is 10.9 Å². The number of thiocarbonyl (C=S) groups is 1. The molecule has 0 saturated carbocycles. The average molecular weight is 330 g/mol. The third kappa shape index (κ3) is 3.26. The van der Waals surface area contributed by atoms with Gasteiger partial charge < -0.3 is 4.42 Å². The zero-order chi connectivity index (χ0) is 15.5. The number of rotatable bonds is 3. The van der Waals surface area contributed by atoms with Gasteiger partial charge in [-0.1, -0.05) is 30.0 Å². The maximum absolute atomic E-state index is 11.7. The first-order valence-electron chi connectivity index (χ1n) is 6.33. The van der Waals surface area contributed by atoms with Gasteiger partial charge >= 0.3 is 0 Å². The lowest BCUT2D eigenvalue weighted by Crippen LogP contribution is -2.51. The van der Waals surface area contributed by atoms with Crippen LogP contribution in [0, 0.1) is 0 Å². The smallest absolute Gasteiger partial charge is 0.263 e. The first kappa shape index (κ1) is 14.6. The van der Waals surface area contributed by atoms with Crippen LogP contribution in [0.15, 0.2) is 62.4 Å². The van der Waals surface area contributed by atoms with Crippen molar-refractivity contribution in [3.8, 4) is 0 Å². The van der Waals surface area contributed by atoms with E-state index in [1.165, 1.54) is 17.8 Å². The normalized spacial score (nSPS) is 14.5. The predicted molar refractivity (Wildman–Crippen MR) is 86.1 cm³/mol. The molecule has 0 unspecified atom stereocenters. The number of benzene rings is 1. The fourth-order valence-corrected chi connectivity index (χ4v) is 2.81. The van der Waals surface area contributed by atoms with Gasteiger partial charge in [-0.25, -0.2) is 0 Å². The summed E-state index contributed by atoms with van der Waals surface area (Å²) in [5, 5.41) is 5.42. The number of hydrogen-bond acceptors (Lipinski definition) is 5. The van der Waals surface area contributed by atoms with E-state index in [2.05, 4.69) is 10.6 Å². The molecule has 5 nitrogen and oxygen atoms in total. The second kappa shape index (κ2) is 6.17. The van der Waals surface area contributed by atoms with Crippen LogP contribution in [-0.2, 0) is 9.59 Å². The van der Waals surface area contributed by atoms with Gasteiger partial charge in [-0.2, -0.15) is 0 Å². The van der Waals surface area contributed by atoms with Gasteiger partial charge in [0.1, 0.15) is 11.3 Å². The maximum Gasteiger partial charge on any atom is 0.263 e. The molecule has 0 bridgehead atoms. The number of amides is 2. The fourth-order valence-electron chi connectivity index (χ4n) is 1.82. The molecule has 0 aliphatic carbocycles. The Morgan fingerprint density at radius 1 is 1.00 bits per heavy atom. The van der Waals surface area contributed by atoms with Crippen molar-refractivity contribution < 1.29 is 14.0 Å². The Bertz CT molecular complexity index is 759. The van der Waals surface area contributed by atoms with Crippen LogP contribution in [0.5, 0.6) is 0 Å². The van der Waals surface area contributed by atoms with Crippen LogP contribution in [0.25, 0.3) is 6.08 Å². The summed E-state index contributed by atoms with van der Waals surface area (Å²) in [6.45, 7) is 0. The van der Waals surface area contributed by atoms with Crippen molar-refractivity contribution in [2.45, 2.75) is 9.99 Å². The van der Waals surface area contributed by atoms with Gasteiger partial charge in [0, 0.05) is 4.90 Å². The Kier molecular flexibility index (Phi) is 4.08. The van der Waals surface area contributed by atoms with Crippen molar-refractivity contribution in [3.05, 3.63) is 53.8 Å². The van der Waals surface area contributed by atoms with Crippen LogP contribution in [0.3, 0.4) is 0 Å². The predicted octanol–water partition coefficient (Wildman–Crippen LogP) is 2.35. The Balaban J connectivity index is 1.79. The van der Waals surface area contributed by atoms with E-state index in [1.807, 2.05) is 30.3 Å². The summed E-state index contributed by atoms with van der Waals surface area (Å²) in [4.78, 5) is 24.5. The Morgan fingerprint density at radius 2 is 1.68 bits per heavy atom. The van der Waals surface area contributed by atoms with Gasteiger partial charge in [-0.05, 0) is 42.6 Å². The van der Waals surface area contributed by atoms with Gasteiger partial charge in [-0.15, -0.1) is 0 Å². The van der Waals surface area contributed by atoms with Crippen LogP contribution in [0.2, 0.25) is 0 Å². The topological polar surface area (TPSA) is 71.3 Å². The molecule has 1 aromatic carbocycles. The van der Waals surface area contributed by atoms with Gasteiger partial charge in [0.05, 0.1) is 0 Å². The molecule has 2 N–H and O–H groups in total. The largest absolute Gasteiger partial charge is 0.450 e. The van der Waals surface area contributed by atoms with Crippen molar-refractivity contribution in [2.75, 3.05) is 0 Å². The molecular weight excluding hydrogens is 320 g/mol. The van der Waals surface area contributed by atoms with Crippen LogP contribution < -0.4 is 10.6 Å². The molecule has 0 radical (unpaired) electrons. The summed E-state index contributed by atoms with van der Waals surface area (Å²) in [5.74, 6) is -0.656. The van der Waals surface area contributed by atoms with E-state index in [1.54, 1.807) is 12.1 Å². The van der Waals surface area contributed by atoms with Crippen LogP contribution >= 0.6 is 24.0 Å². The SMILES string of the molecule is O=C1NC(=S)NC(=O)C1=Cc1ccc(Sc2ccccc2)o1. The first-order valence-corrected chi connectivity index (χ1v) is 7.55. The Labute approximate surface area is 135 Å². The van der Waals surface area contributed by atoms with E-state index < -0.39 is 11.8 Å². The summed E-state index contributed by atoms with van der Waals surface area (Å²) in [6, 6.07) is 13.2. The Morgan fingerprint density at radius 3 is 2.36 bits per heavy atom. The van der Waals surface area contributed by atoms with Gasteiger partial charge in [-0.3, -0.25) is 20.2 Å². The summed E-state index contributed by atoms with van der Waals surface area (Å²) in [6.07, 6.45) is 1.39. The number of carbonyl (C=O) groups excluding carboxylic acids is 2.